The zero-order valence-corrected chi connectivity index (χ0v) is 13.3. The van der Waals surface area contributed by atoms with Crippen LogP contribution in [0.4, 0.5) is 0 Å². The summed E-state index contributed by atoms with van der Waals surface area (Å²) in [6.07, 6.45) is 0. The highest BCUT2D eigenvalue weighted by molar-refractivity contribution is 6.27. The molecular weight excluding hydrogens is 288 g/mol. The van der Waals surface area contributed by atoms with E-state index >= 15 is 0 Å². The van der Waals surface area contributed by atoms with Gasteiger partial charge in [-0.25, -0.2) is 9.59 Å². The lowest BCUT2D eigenvalue weighted by atomic mass is 9.75. The van der Waals surface area contributed by atoms with E-state index in [0.29, 0.717) is 0 Å². The van der Waals surface area contributed by atoms with E-state index < -0.39 is 11.9 Å². The molecule has 4 rings (SSSR count). The molecule has 0 bridgehead atoms. The van der Waals surface area contributed by atoms with Crippen LogP contribution in [0.5, 0.6) is 0 Å². The van der Waals surface area contributed by atoms with Crippen molar-refractivity contribution in [2.75, 3.05) is 66.5 Å². The van der Waals surface area contributed by atoms with E-state index in [4.69, 9.17) is 19.8 Å². The molecule has 0 amide bonds. The van der Waals surface area contributed by atoms with Crippen molar-refractivity contribution < 1.29 is 19.8 Å². The Bertz CT molecular complexity index is 379. The molecule has 0 atom stereocenters. The van der Waals surface area contributed by atoms with Crippen molar-refractivity contribution in [3.63, 3.8) is 0 Å². The average Bonchev–Trinajstić information content (AvgIpc) is 2.27. The highest BCUT2D eigenvalue weighted by atomic mass is 16.4. The number of aliphatic carboxylic acids is 2. The van der Waals surface area contributed by atoms with Crippen LogP contribution in [0.1, 0.15) is 0 Å². The van der Waals surface area contributed by atoms with Gasteiger partial charge in [-0.2, -0.15) is 0 Å². The molecule has 4 N–H and O–H groups in total. The molecule has 0 saturated carbocycles. The average molecular weight is 314 g/mol. The number of likely N-dealkylation sites (tertiary alicyclic amines) is 2. The summed E-state index contributed by atoms with van der Waals surface area (Å²) in [4.78, 5) is 23.0. The van der Waals surface area contributed by atoms with E-state index in [-0.39, 0.29) is 0 Å². The first-order chi connectivity index (χ1) is 10.3. The van der Waals surface area contributed by atoms with Crippen molar-refractivity contribution in [2.24, 2.45) is 10.8 Å². The third kappa shape index (κ3) is 3.95. The topological polar surface area (TPSA) is 105 Å². The van der Waals surface area contributed by atoms with Crippen LogP contribution in [0.25, 0.3) is 0 Å². The third-order valence-corrected chi connectivity index (χ3v) is 4.60. The maximum Gasteiger partial charge on any atom is 0.414 e. The van der Waals surface area contributed by atoms with Gasteiger partial charge in [-0.05, 0) is 14.1 Å². The maximum absolute atomic E-state index is 9.10. The van der Waals surface area contributed by atoms with Crippen molar-refractivity contribution in [3.8, 4) is 0 Å². The van der Waals surface area contributed by atoms with Crippen molar-refractivity contribution in [2.45, 2.75) is 0 Å². The van der Waals surface area contributed by atoms with Gasteiger partial charge in [0.25, 0.3) is 0 Å². The highest BCUT2D eigenvalue weighted by Crippen LogP contribution is 2.32. The summed E-state index contributed by atoms with van der Waals surface area (Å²) in [7, 11) is 4.37. The standard InChI is InChI=1S/2C6H12N2.C2H2O4/c2*1-8-4-6(5-8)2-7-3-6;3-1(4)2(5)6/h2*7H,2-5H2,1H3;(H,3,4)(H,5,6). The van der Waals surface area contributed by atoms with Gasteiger partial charge in [-0.1, -0.05) is 0 Å². The molecule has 2 spiro atoms. The van der Waals surface area contributed by atoms with Gasteiger partial charge in [-0.15, -0.1) is 0 Å². The van der Waals surface area contributed by atoms with Crippen molar-refractivity contribution in [3.05, 3.63) is 0 Å². The van der Waals surface area contributed by atoms with Crippen LogP contribution >= 0.6 is 0 Å². The van der Waals surface area contributed by atoms with E-state index in [9.17, 15) is 0 Å². The van der Waals surface area contributed by atoms with Gasteiger partial charge in [0.1, 0.15) is 0 Å². The van der Waals surface area contributed by atoms with Crippen LogP contribution < -0.4 is 10.6 Å². The van der Waals surface area contributed by atoms with Gasteiger partial charge in [0, 0.05) is 63.2 Å². The van der Waals surface area contributed by atoms with Crippen LogP contribution in [-0.4, -0.2) is 98.4 Å². The summed E-state index contributed by atoms with van der Waals surface area (Å²) < 4.78 is 0. The minimum atomic E-state index is -1.82. The Labute approximate surface area is 130 Å². The Hall–Kier alpha value is -1.22. The predicted molar refractivity (Wildman–Crippen MR) is 80.9 cm³/mol. The quantitative estimate of drug-likeness (QED) is 0.388. The number of carbonyl (C=O) groups is 2. The second-order valence-corrected chi connectivity index (χ2v) is 7.16. The number of hydrogen-bond donors (Lipinski definition) is 4. The van der Waals surface area contributed by atoms with E-state index in [1.54, 1.807) is 0 Å². The van der Waals surface area contributed by atoms with Crippen LogP contribution in [-0.2, 0) is 9.59 Å². The van der Waals surface area contributed by atoms with Gasteiger partial charge < -0.3 is 30.6 Å². The lowest BCUT2D eigenvalue weighted by Crippen LogP contribution is -2.69. The fraction of sp³-hybridized carbons (Fsp3) is 0.857. The molecular formula is C14H26N4O4. The largest absolute Gasteiger partial charge is 0.473 e. The predicted octanol–water partition coefficient (Wildman–Crippen LogP) is -1.80. The van der Waals surface area contributed by atoms with Crippen LogP contribution in [0.2, 0.25) is 0 Å². The molecule has 8 heteroatoms. The summed E-state index contributed by atoms with van der Waals surface area (Å²) in [6, 6.07) is 0. The zero-order chi connectivity index (χ0) is 16.4. The summed E-state index contributed by atoms with van der Waals surface area (Å²) in [5.74, 6) is -3.65. The Morgan fingerprint density at radius 1 is 0.773 bits per heavy atom. The lowest BCUT2D eigenvalue weighted by Gasteiger charge is -2.55. The SMILES string of the molecule is CN1CC2(CNC2)C1.CN1CC2(CNC2)C1.O=C(O)C(=O)O. The Morgan fingerprint density at radius 2 is 1.05 bits per heavy atom. The van der Waals surface area contributed by atoms with Crippen molar-refractivity contribution >= 4 is 11.9 Å². The molecule has 22 heavy (non-hydrogen) atoms. The molecule has 0 radical (unpaired) electrons. The molecule has 4 aliphatic rings. The molecule has 126 valence electrons. The maximum atomic E-state index is 9.10. The van der Waals surface area contributed by atoms with Gasteiger partial charge in [0.2, 0.25) is 0 Å². The second kappa shape index (κ2) is 6.49. The van der Waals surface area contributed by atoms with E-state index in [1.165, 1.54) is 52.4 Å². The smallest absolute Gasteiger partial charge is 0.414 e. The van der Waals surface area contributed by atoms with E-state index in [2.05, 4.69) is 34.5 Å². The lowest BCUT2D eigenvalue weighted by molar-refractivity contribution is -0.159. The van der Waals surface area contributed by atoms with Crippen molar-refractivity contribution in [1.29, 1.82) is 0 Å². The fourth-order valence-corrected chi connectivity index (χ4v) is 3.60. The molecule has 4 aliphatic heterocycles. The molecule has 0 aromatic rings. The molecule has 4 saturated heterocycles. The molecule has 8 nitrogen and oxygen atoms in total. The highest BCUT2D eigenvalue weighted by Gasteiger charge is 2.46. The third-order valence-electron chi connectivity index (χ3n) is 4.60. The molecule has 4 fully saturated rings. The molecule has 4 heterocycles. The molecule has 0 aromatic carbocycles. The number of nitrogens with one attached hydrogen (secondary N) is 2. The minimum Gasteiger partial charge on any atom is -0.473 e. The van der Waals surface area contributed by atoms with Crippen LogP contribution in [0, 0.1) is 10.8 Å². The Kier molecular flexibility index (Phi) is 5.06. The second-order valence-electron chi connectivity index (χ2n) is 7.16. The monoisotopic (exact) mass is 314 g/mol. The van der Waals surface area contributed by atoms with Crippen LogP contribution in [0.15, 0.2) is 0 Å². The van der Waals surface area contributed by atoms with Crippen LogP contribution in [0.3, 0.4) is 0 Å². The van der Waals surface area contributed by atoms with Gasteiger partial charge in [0.15, 0.2) is 0 Å². The Morgan fingerprint density at radius 3 is 1.09 bits per heavy atom. The fourth-order valence-electron chi connectivity index (χ4n) is 3.60. The normalized spacial score (nSPS) is 26.8. The summed E-state index contributed by atoms with van der Waals surface area (Å²) in [5.41, 5.74) is 1.46. The van der Waals surface area contributed by atoms with Crippen molar-refractivity contribution in [1.82, 2.24) is 20.4 Å². The van der Waals surface area contributed by atoms with Gasteiger partial charge in [-0.3, -0.25) is 0 Å². The summed E-state index contributed by atoms with van der Waals surface area (Å²) in [6.45, 7) is 10.3. The number of carboxylic acids is 2. The molecule has 0 unspecified atom stereocenters. The van der Waals surface area contributed by atoms with Gasteiger partial charge in [0.05, 0.1) is 0 Å². The van der Waals surface area contributed by atoms with E-state index in [0.717, 1.165) is 10.8 Å². The minimum absolute atomic E-state index is 0.731. The number of hydrogen-bond acceptors (Lipinski definition) is 6. The first kappa shape index (κ1) is 17.1. The molecule has 0 aliphatic carbocycles. The van der Waals surface area contributed by atoms with E-state index in [1.807, 2.05) is 0 Å². The number of rotatable bonds is 0. The number of nitrogens with zero attached hydrogens (tertiary/aromatic N) is 2. The summed E-state index contributed by atoms with van der Waals surface area (Å²) >= 11 is 0. The zero-order valence-electron chi connectivity index (χ0n) is 13.3. The molecule has 0 aromatic heterocycles. The number of carboxylic acid groups (broad SMARTS) is 2. The Balaban J connectivity index is 0.000000123. The first-order valence-electron chi connectivity index (χ1n) is 7.51. The van der Waals surface area contributed by atoms with Gasteiger partial charge >= 0.3 is 11.9 Å². The summed E-state index contributed by atoms with van der Waals surface area (Å²) in [5, 5.41) is 21.4. The first-order valence-corrected chi connectivity index (χ1v) is 7.51.